The first-order valence-corrected chi connectivity index (χ1v) is 7.66. The van der Waals surface area contributed by atoms with Gasteiger partial charge in [0.2, 0.25) is 5.91 Å². The van der Waals surface area contributed by atoms with Crippen LogP contribution in [0.15, 0.2) is 42.7 Å². The lowest BCUT2D eigenvalue weighted by atomic mass is 10.0. The number of aryl methyl sites for hydroxylation is 1. The molecule has 1 atom stereocenters. The van der Waals surface area contributed by atoms with E-state index in [1.165, 1.54) is 5.56 Å². The molecule has 1 fully saturated rings. The van der Waals surface area contributed by atoms with Gasteiger partial charge < -0.3 is 9.47 Å². The van der Waals surface area contributed by atoms with E-state index in [1.54, 1.807) is 6.92 Å². The molecule has 0 N–H and O–H groups in total. The molecule has 0 bridgehead atoms. The largest absolute Gasteiger partial charge is 0.337 e. The van der Waals surface area contributed by atoms with Crippen LogP contribution in [-0.4, -0.2) is 44.9 Å². The van der Waals surface area contributed by atoms with Gasteiger partial charge in [0, 0.05) is 46.0 Å². The average Bonchev–Trinajstić information content (AvgIpc) is 2.93. The second-order valence-electron chi connectivity index (χ2n) is 5.83. The Kier molecular flexibility index (Phi) is 4.24. The van der Waals surface area contributed by atoms with Crippen LogP contribution >= 0.6 is 0 Å². The Bertz CT molecular complexity index is 637. The highest BCUT2D eigenvalue weighted by molar-refractivity contribution is 5.74. The first-order chi connectivity index (χ1) is 10.6. The Hall–Kier alpha value is -2.14. The Morgan fingerprint density at radius 3 is 2.68 bits per heavy atom. The zero-order valence-corrected chi connectivity index (χ0v) is 13.1. The molecule has 1 aromatic heterocycles. The standard InChI is InChI=1S/C17H22N4O/c1-14(22)21-11-10-20(13-17-18-8-9-19(17)2)12-16(21)15-6-4-3-5-7-15/h3-9,16H,10-13H2,1-2H3/t16-/m1/s1. The van der Waals surface area contributed by atoms with E-state index < -0.39 is 0 Å². The minimum atomic E-state index is 0.118. The van der Waals surface area contributed by atoms with Crippen molar-refractivity contribution in [1.29, 1.82) is 0 Å². The second kappa shape index (κ2) is 6.32. The predicted molar refractivity (Wildman–Crippen MR) is 85.1 cm³/mol. The van der Waals surface area contributed by atoms with Crippen molar-refractivity contribution in [2.45, 2.75) is 19.5 Å². The minimum Gasteiger partial charge on any atom is -0.337 e. The number of carbonyl (C=O) groups excluding carboxylic acids is 1. The molecule has 5 heteroatoms. The summed E-state index contributed by atoms with van der Waals surface area (Å²) in [4.78, 5) is 20.7. The number of nitrogens with zero attached hydrogens (tertiary/aromatic N) is 4. The fourth-order valence-electron chi connectivity index (χ4n) is 3.07. The monoisotopic (exact) mass is 298 g/mol. The van der Waals surface area contributed by atoms with Gasteiger partial charge in [-0.2, -0.15) is 0 Å². The van der Waals surface area contributed by atoms with Gasteiger partial charge in [0.05, 0.1) is 12.6 Å². The summed E-state index contributed by atoms with van der Waals surface area (Å²) in [5.41, 5.74) is 1.20. The summed E-state index contributed by atoms with van der Waals surface area (Å²) in [6.45, 7) is 4.97. The van der Waals surface area contributed by atoms with Crippen LogP contribution in [0.2, 0.25) is 0 Å². The van der Waals surface area contributed by atoms with Crippen molar-refractivity contribution in [3.63, 3.8) is 0 Å². The van der Waals surface area contributed by atoms with Crippen LogP contribution in [0.5, 0.6) is 0 Å². The number of carbonyl (C=O) groups is 1. The summed E-state index contributed by atoms with van der Waals surface area (Å²) in [6.07, 6.45) is 3.80. The number of piperazine rings is 1. The molecule has 116 valence electrons. The molecule has 0 spiro atoms. The van der Waals surface area contributed by atoms with Gasteiger partial charge >= 0.3 is 0 Å². The molecule has 0 unspecified atom stereocenters. The smallest absolute Gasteiger partial charge is 0.220 e. The van der Waals surface area contributed by atoms with Crippen molar-refractivity contribution < 1.29 is 4.79 Å². The number of hydrogen-bond donors (Lipinski definition) is 0. The topological polar surface area (TPSA) is 41.4 Å². The van der Waals surface area contributed by atoms with Crippen molar-refractivity contribution in [1.82, 2.24) is 19.4 Å². The predicted octanol–water partition coefficient (Wildman–Crippen LogP) is 1.83. The van der Waals surface area contributed by atoms with E-state index >= 15 is 0 Å². The van der Waals surface area contributed by atoms with Crippen LogP contribution < -0.4 is 0 Å². The maximum absolute atomic E-state index is 12.0. The van der Waals surface area contributed by atoms with Gasteiger partial charge in [-0.1, -0.05) is 30.3 Å². The van der Waals surface area contributed by atoms with Crippen LogP contribution in [0, 0.1) is 0 Å². The molecule has 1 aliphatic heterocycles. The van der Waals surface area contributed by atoms with Crippen LogP contribution in [-0.2, 0) is 18.4 Å². The summed E-state index contributed by atoms with van der Waals surface area (Å²) >= 11 is 0. The van der Waals surface area contributed by atoms with Crippen LogP contribution in [0.4, 0.5) is 0 Å². The number of imidazole rings is 1. The van der Waals surface area contributed by atoms with Gasteiger partial charge in [-0.15, -0.1) is 0 Å². The molecule has 2 heterocycles. The van der Waals surface area contributed by atoms with E-state index in [0.29, 0.717) is 0 Å². The van der Waals surface area contributed by atoms with E-state index in [0.717, 1.165) is 32.0 Å². The fourth-order valence-corrected chi connectivity index (χ4v) is 3.07. The molecule has 2 aromatic rings. The van der Waals surface area contributed by atoms with Crippen LogP contribution in [0.3, 0.4) is 0 Å². The summed E-state index contributed by atoms with van der Waals surface area (Å²) in [7, 11) is 2.02. The van der Waals surface area contributed by atoms with Crippen molar-refractivity contribution in [2.24, 2.45) is 7.05 Å². The normalized spacial score (nSPS) is 19.4. The molecule has 1 amide bonds. The lowest BCUT2D eigenvalue weighted by Gasteiger charge is -2.41. The van der Waals surface area contributed by atoms with Gasteiger partial charge in [0.25, 0.3) is 0 Å². The Morgan fingerprint density at radius 2 is 2.05 bits per heavy atom. The highest BCUT2D eigenvalue weighted by Crippen LogP contribution is 2.26. The van der Waals surface area contributed by atoms with Crippen LogP contribution in [0.1, 0.15) is 24.4 Å². The molecule has 0 radical (unpaired) electrons. The Labute approximate surface area is 131 Å². The number of amides is 1. The fraction of sp³-hybridized carbons (Fsp3) is 0.412. The first-order valence-electron chi connectivity index (χ1n) is 7.66. The number of aromatic nitrogens is 2. The molecule has 1 aliphatic rings. The Morgan fingerprint density at radius 1 is 1.27 bits per heavy atom. The van der Waals surface area contributed by atoms with Crippen LogP contribution in [0.25, 0.3) is 0 Å². The maximum atomic E-state index is 12.0. The number of benzene rings is 1. The van der Waals surface area contributed by atoms with Crippen molar-refractivity contribution in [3.05, 3.63) is 54.1 Å². The molecular weight excluding hydrogens is 276 g/mol. The summed E-state index contributed by atoms with van der Waals surface area (Å²) in [5.74, 6) is 1.20. The SMILES string of the molecule is CC(=O)N1CCN(Cc2nccn2C)C[C@@H]1c1ccccc1. The van der Waals surface area contributed by atoms with E-state index in [2.05, 4.69) is 26.6 Å². The van der Waals surface area contributed by atoms with Gasteiger partial charge in [-0.3, -0.25) is 9.69 Å². The highest BCUT2D eigenvalue weighted by atomic mass is 16.2. The quantitative estimate of drug-likeness (QED) is 0.868. The highest BCUT2D eigenvalue weighted by Gasteiger charge is 2.30. The third-order valence-electron chi connectivity index (χ3n) is 4.34. The lowest BCUT2D eigenvalue weighted by molar-refractivity contribution is -0.134. The van der Waals surface area contributed by atoms with E-state index in [9.17, 15) is 4.79 Å². The van der Waals surface area contributed by atoms with E-state index in [1.807, 2.05) is 42.5 Å². The van der Waals surface area contributed by atoms with E-state index in [4.69, 9.17) is 0 Å². The second-order valence-corrected chi connectivity index (χ2v) is 5.83. The molecular formula is C17H22N4O. The molecule has 0 aliphatic carbocycles. The summed E-state index contributed by atoms with van der Waals surface area (Å²) in [6, 6.07) is 10.4. The molecule has 5 nitrogen and oxygen atoms in total. The molecule has 0 saturated carbocycles. The van der Waals surface area contributed by atoms with Gasteiger partial charge in [-0.05, 0) is 5.56 Å². The molecule has 1 aromatic carbocycles. The average molecular weight is 298 g/mol. The third kappa shape index (κ3) is 3.04. The number of hydrogen-bond acceptors (Lipinski definition) is 3. The van der Waals surface area contributed by atoms with E-state index in [-0.39, 0.29) is 11.9 Å². The summed E-state index contributed by atoms with van der Waals surface area (Å²) < 4.78 is 2.05. The van der Waals surface area contributed by atoms with Crippen molar-refractivity contribution >= 4 is 5.91 Å². The molecule has 22 heavy (non-hydrogen) atoms. The van der Waals surface area contributed by atoms with Crippen molar-refractivity contribution in [3.8, 4) is 0 Å². The van der Waals surface area contributed by atoms with Gasteiger partial charge in [0.1, 0.15) is 5.82 Å². The first kappa shape index (κ1) is 14.8. The molecule has 3 rings (SSSR count). The number of rotatable bonds is 3. The Balaban J connectivity index is 1.78. The van der Waals surface area contributed by atoms with Gasteiger partial charge in [-0.25, -0.2) is 4.98 Å². The minimum absolute atomic E-state index is 0.118. The zero-order chi connectivity index (χ0) is 15.5. The lowest BCUT2D eigenvalue weighted by Crippen LogP contribution is -2.49. The van der Waals surface area contributed by atoms with Crippen molar-refractivity contribution in [2.75, 3.05) is 19.6 Å². The molecule has 1 saturated heterocycles. The zero-order valence-electron chi connectivity index (χ0n) is 13.1. The van der Waals surface area contributed by atoms with Gasteiger partial charge in [0.15, 0.2) is 0 Å². The third-order valence-corrected chi connectivity index (χ3v) is 4.34. The summed E-state index contributed by atoms with van der Waals surface area (Å²) in [5, 5.41) is 0. The maximum Gasteiger partial charge on any atom is 0.220 e.